The maximum atomic E-state index is 11.5. The first-order valence-corrected chi connectivity index (χ1v) is 8.61. The number of hydrogen-bond donors (Lipinski definition) is 2. The Bertz CT molecular complexity index is 681. The summed E-state index contributed by atoms with van der Waals surface area (Å²) in [4.78, 5) is 18.4. The van der Waals surface area contributed by atoms with E-state index in [1.807, 2.05) is 26.1 Å². The van der Waals surface area contributed by atoms with E-state index in [0.29, 0.717) is 0 Å². The van der Waals surface area contributed by atoms with Crippen LogP contribution in [0.25, 0.3) is 0 Å². The highest BCUT2D eigenvalue weighted by Gasteiger charge is 2.36. The van der Waals surface area contributed by atoms with Crippen molar-refractivity contribution in [3.63, 3.8) is 0 Å². The lowest BCUT2D eigenvalue weighted by Crippen LogP contribution is -2.38. The van der Waals surface area contributed by atoms with Crippen molar-refractivity contribution in [3.8, 4) is 0 Å². The molecule has 0 bridgehead atoms. The molecule has 1 saturated heterocycles. The smallest absolute Gasteiger partial charge is 0.217 e. The predicted molar refractivity (Wildman–Crippen MR) is 90.7 cm³/mol. The molecule has 6 nitrogen and oxygen atoms in total. The van der Waals surface area contributed by atoms with Gasteiger partial charge in [-0.1, -0.05) is 0 Å². The zero-order valence-electron chi connectivity index (χ0n) is 13.6. The van der Waals surface area contributed by atoms with Crippen molar-refractivity contribution in [1.29, 1.82) is 0 Å². The Hall–Kier alpha value is -1.86. The molecule has 0 aromatic carbocycles. The molecule has 0 aliphatic carbocycles. The average Bonchev–Trinajstić information content (AvgIpc) is 3.19. The van der Waals surface area contributed by atoms with E-state index in [1.54, 1.807) is 18.3 Å². The summed E-state index contributed by atoms with van der Waals surface area (Å²) < 4.78 is 5.80. The lowest BCUT2D eigenvalue weighted by molar-refractivity contribution is -0.119. The molecule has 1 amide bonds. The highest BCUT2D eigenvalue weighted by Crippen LogP contribution is 2.30. The van der Waals surface area contributed by atoms with Crippen LogP contribution in [-0.4, -0.2) is 42.0 Å². The zero-order valence-corrected chi connectivity index (χ0v) is 14.4. The fourth-order valence-electron chi connectivity index (χ4n) is 3.09. The van der Waals surface area contributed by atoms with Gasteiger partial charge < -0.3 is 15.1 Å². The molecule has 2 N–H and O–H groups in total. The quantitative estimate of drug-likeness (QED) is 0.877. The molecule has 7 heteroatoms. The Morgan fingerprint density at radius 2 is 2.30 bits per heavy atom. The zero-order chi connectivity index (χ0) is 16.4. The summed E-state index contributed by atoms with van der Waals surface area (Å²) in [7, 11) is 1.88. The topological polar surface area (TPSA) is 70.4 Å². The van der Waals surface area contributed by atoms with Gasteiger partial charge in [-0.3, -0.25) is 9.69 Å². The molecule has 0 spiro atoms. The molecule has 0 unspecified atom stereocenters. The standard InChI is InChI=1S/C16H22N4O2S/c1-10-4-5-15(22-10)13-7-20(8-14(13)18-11(2)21)6-12-9-23-16(17-3)19-12/h4-5,9,13-14H,6-8H2,1-3H3,(H,17,19)(H,18,21)/t13-,14-/m0/s1. The molecule has 2 aromatic heterocycles. The van der Waals surface area contributed by atoms with E-state index in [1.165, 1.54) is 0 Å². The third-order valence-electron chi connectivity index (χ3n) is 4.06. The van der Waals surface area contributed by atoms with Gasteiger partial charge in [0.15, 0.2) is 5.13 Å². The summed E-state index contributed by atoms with van der Waals surface area (Å²) in [6, 6.07) is 4.06. The van der Waals surface area contributed by atoms with E-state index < -0.39 is 0 Å². The largest absolute Gasteiger partial charge is 0.466 e. The van der Waals surface area contributed by atoms with Crippen LogP contribution in [0.3, 0.4) is 0 Å². The second-order valence-electron chi connectivity index (χ2n) is 5.95. The van der Waals surface area contributed by atoms with Gasteiger partial charge in [0.2, 0.25) is 5.91 Å². The number of furan rings is 1. The Labute approximate surface area is 139 Å². The van der Waals surface area contributed by atoms with E-state index >= 15 is 0 Å². The van der Waals surface area contributed by atoms with Gasteiger partial charge in [0.05, 0.1) is 17.7 Å². The first-order valence-electron chi connectivity index (χ1n) is 7.73. The van der Waals surface area contributed by atoms with Crippen molar-refractivity contribution >= 4 is 22.4 Å². The molecule has 1 aliphatic heterocycles. The van der Waals surface area contributed by atoms with Crippen LogP contribution in [0.5, 0.6) is 0 Å². The number of thiazole rings is 1. The number of carbonyl (C=O) groups excluding carboxylic acids is 1. The van der Waals surface area contributed by atoms with E-state index in [0.717, 1.165) is 42.0 Å². The Morgan fingerprint density at radius 3 is 2.91 bits per heavy atom. The molecule has 3 heterocycles. The van der Waals surface area contributed by atoms with Crippen LogP contribution in [0.2, 0.25) is 0 Å². The summed E-state index contributed by atoms with van der Waals surface area (Å²) in [5.74, 6) is 2.02. The van der Waals surface area contributed by atoms with Crippen LogP contribution >= 0.6 is 11.3 Å². The highest BCUT2D eigenvalue weighted by molar-refractivity contribution is 7.13. The van der Waals surface area contributed by atoms with Crippen molar-refractivity contribution < 1.29 is 9.21 Å². The van der Waals surface area contributed by atoms with Gasteiger partial charge in [0, 0.05) is 39.0 Å². The summed E-state index contributed by atoms with van der Waals surface area (Å²) in [5.41, 5.74) is 1.05. The van der Waals surface area contributed by atoms with Gasteiger partial charge >= 0.3 is 0 Å². The Balaban J connectivity index is 1.72. The average molecular weight is 334 g/mol. The second-order valence-corrected chi connectivity index (χ2v) is 6.81. The highest BCUT2D eigenvalue weighted by atomic mass is 32.1. The number of nitrogens with zero attached hydrogens (tertiary/aromatic N) is 2. The number of amides is 1. The van der Waals surface area contributed by atoms with Crippen molar-refractivity contribution in [2.45, 2.75) is 32.4 Å². The van der Waals surface area contributed by atoms with Crippen LogP contribution in [0.15, 0.2) is 21.9 Å². The van der Waals surface area contributed by atoms with Gasteiger partial charge in [0.25, 0.3) is 0 Å². The molecule has 3 rings (SSSR count). The Kier molecular flexibility index (Phi) is 4.68. The molecule has 0 radical (unpaired) electrons. The molecule has 23 heavy (non-hydrogen) atoms. The van der Waals surface area contributed by atoms with E-state index in [-0.39, 0.29) is 17.9 Å². The minimum Gasteiger partial charge on any atom is -0.466 e. The predicted octanol–water partition coefficient (Wildman–Crippen LogP) is 2.19. The van der Waals surface area contributed by atoms with E-state index in [9.17, 15) is 4.79 Å². The molecular formula is C16H22N4O2S. The first kappa shape index (κ1) is 16.0. The molecule has 1 fully saturated rings. The maximum absolute atomic E-state index is 11.5. The number of aromatic nitrogens is 1. The van der Waals surface area contributed by atoms with Crippen LogP contribution in [-0.2, 0) is 11.3 Å². The third-order valence-corrected chi connectivity index (χ3v) is 4.97. The van der Waals surface area contributed by atoms with E-state index in [4.69, 9.17) is 4.42 Å². The molecule has 2 aromatic rings. The van der Waals surface area contributed by atoms with Crippen LogP contribution < -0.4 is 10.6 Å². The molecule has 2 atom stereocenters. The molecule has 0 saturated carbocycles. The van der Waals surface area contributed by atoms with E-state index in [2.05, 4.69) is 25.9 Å². The fraction of sp³-hybridized carbons (Fsp3) is 0.500. The second kappa shape index (κ2) is 6.72. The Morgan fingerprint density at radius 1 is 1.48 bits per heavy atom. The number of rotatable bonds is 5. The molecule has 124 valence electrons. The summed E-state index contributed by atoms with van der Waals surface area (Å²) in [6.45, 7) is 5.94. The monoisotopic (exact) mass is 334 g/mol. The third kappa shape index (κ3) is 3.73. The summed E-state index contributed by atoms with van der Waals surface area (Å²) >= 11 is 1.61. The molecular weight excluding hydrogens is 312 g/mol. The minimum atomic E-state index is -0.00347. The van der Waals surface area contributed by atoms with Gasteiger partial charge in [-0.05, 0) is 19.1 Å². The maximum Gasteiger partial charge on any atom is 0.217 e. The van der Waals surface area contributed by atoms with Crippen LogP contribution in [0, 0.1) is 6.92 Å². The minimum absolute atomic E-state index is 0.00347. The van der Waals surface area contributed by atoms with Crippen molar-refractivity contribution in [3.05, 3.63) is 34.7 Å². The summed E-state index contributed by atoms with van der Waals surface area (Å²) in [5, 5.41) is 9.12. The van der Waals surface area contributed by atoms with Crippen molar-refractivity contribution in [2.24, 2.45) is 0 Å². The fourth-order valence-corrected chi connectivity index (χ4v) is 3.75. The number of nitrogens with one attached hydrogen (secondary N) is 2. The van der Waals surface area contributed by atoms with Gasteiger partial charge in [-0.15, -0.1) is 11.3 Å². The lowest BCUT2D eigenvalue weighted by atomic mass is 10.0. The van der Waals surface area contributed by atoms with Crippen molar-refractivity contribution in [2.75, 3.05) is 25.5 Å². The van der Waals surface area contributed by atoms with Gasteiger partial charge in [-0.2, -0.15) is 0 Å². The molecule has 1 aliphatic rings. The first-order chi connectivity index (χ1) is 11.0. The number of hydrogen-bond acceptors (Lipinski definition) is 6. The number of anilines is 1. The van der Waals surface area contributed by atoms with Crippen molar-refractivity contribution in [1.82, 2.24) is 15.2 Å². The SMILES string of the molecule is CNc1nc(CN2C[C@H](NC(C)=O)[C@@H](c3ccc(C)o3)C2)cs1. The van der Waals surface area contributed by atoms with Gasteiger partial charge in [-0.25, -0.2) is 4.98 Å². The number of carbonyl (C=O) groups is 1. The number of likely N-dealkylation sites (tertiary alicyclic amines) is 1. The van der Waals surface area contributed by atoms with Crippen LogP contribution in [0.4, 0.5) is 5.13 Å². The lowest BCUT2D eigenvalue weighted by Gasteiger charge is -2.17. The van der Waals surface area contributed by atoms with Crippen LogP contribution in [0.1, 0.15) is 30.1 Å². The van der Waals surface area contributed by atoms with Gasteiger partial charge in [0.1, 0.15) is 11.5 Å². The number of aryl methyl sites for hydroxylation is 1. The normalized spacial score (nSPS) is 21.5. The summed E-state index contributed by atoms with van der Waals surface area (Å²) in [6.07, 6.45) is 0.